The number of carbonyl (C=O) groups is 1. The molecule has 1 atom stereocenters. The van der Waals surface area contributed by atoms with Crippen molar-refractivity contribution in [2.45, 2.75) is 71.6 Å². The number of fused-ring (bicyclic) bond motifs is 1. The maximum Gasteiger partial charge on any atom is 0.251 e. The third-order valence-electron chi connectivity index (χ3n) is 6.09. The van der Waals surface area contributed by atoms with E-state index in [1.165, 1.54) is 0 Å². The molecule has 1 unspecified atom stereocenters. The Hall–Kier alpha value is -3.13. The van der Waals surface area contributed by atoms with Gasteiger partial charge in [0.05, 0.1) is 35.4 Å². The molecule has 8 heteroatoms. The molecule has 3 N–H and O–H groups in total. The van der Waals surface area contributed by atoms with Crippen molar-refractivity contribution >= 4 is 28.2 Å². The number of rotatable bonds is 7. The molecule has 0 aliphatic carbocycles. The minimum absolute atomic E-state index is 0.0325. The van der Waals surface area contributed by atoms with Crippen LogP contribution in [0.5, 0.6) is 5.88 Å². The van der Waals surface area contributed by atoms with E-state index >= 15 is 0 Å². The van der Waals surface area contributed by atoms with Gasteiger partial charge in [0.15, 0.2) is 5.88 Å². The molecule has 8 nitrogen and oxygen atoms in total. The standard InChI is InChI=1S/C25H33N5O3/c1-6-20(28-17-12-27-30(14-17)15(2)3)22-19-11-16(7-8-21(19)29-24(22)32)23(31)26-13-18-9-10-25(4,5)33-18/h7-8,11-12,14-15,18,29,32H,6,9-10,13H2,1-5H3,(H,26,31). The first-order valence-corrected chi connectivity index (χ1v) is 11.6. The summed E-state index contributed by atoms with van der Waals surface area (Å²) in [6, 6.07) is 5.61. The molecule has 2 aromatic heterocycles. The van der Waals surface area contributed by atoms with Gasteiger partial charge in [0.2, 0.25) is 0 Å². The average Bonchev–Trinajstić information content (AvgIpc) is 3.46. The van der Waals surface area contributed by atoms with Crippen molar-refractivity contribution in [3.8, 4) is 5.88 Å². The van der Waals surface area contributed by atoms with Crippen molar-refractivity contribution in [1.29, 1.82) is 0 Å². The van der Waals surface area contributed by atoms with Crippen molar-refractivity contribution in [3.63, 3.8) is 0 Å². The van der Waals surface area contributed by atoms with Crippen LogP contribution in [0, 0.1) is 0 Å². The highest BCUT2D eigenvalue weighted by Crippen LogP contribution is 2.31. The van der Waals surface area contributed by atoms with Crippen LogP contribution < -0.4 is 5.32 Å². The number of aromatic hydroxyl groups is 1. The Morgan fingerprint density at radius 3 is 2.85 bits per heavy atom. The summed E-state index contributed by atoms with van der Waals surface area (Å²) in [7, 11) is 0. The van der Waals surface area contributed by atoms with Gasteiger partial charge >= 0.3 is 0 Å². The SMILES string of the molecule is CCC(=Nc1cnn(C(C)C)c1)c1c(O)[nH]c2ccc(C(=O)NCC3CCC(C)(C)O3)cc12. The highest BCUT2D eigenvalue weighted by molar-refractivity contribution is 6.14. The van der Waals surface area contributed by atoms with Crippen molar-refractivity contribution < 1.29 is 14.6 Å². The highest BCUT2D eigenvalue weighted by Gasteiger charge is 2.31. The lowest BCUT2D eigenvalue weighted by Crippen LogP contribution is -2.33. The Morgan fingerprint density at radius 1 is 1.42 bits per heavy atom. The first-order valence-electron chi connectivity index (χ1n) is 11.6. The largest absolute Gasteiger partial charge is 0.494 e. The molecular formula is C25H33N5O3. The van der Waals surface area contributed by atoms with Gasteiger partial charge in [-0.2, -0.15) is 5.10 Å². The zero-order valence-electron chi connectivity index (χ0n) is 20.0. The van der Waals surface area contributed by atoms with Crippen molar-refractivity contribution in [3.05, 3.63) is 41.7 Å². The summed E-state index contributed by atoms with van der Waals surface area (Å²) < 4.78 is 7.82. The molecule has 1 aliphatic heterocycles. The average molecular weight is 452 g/mol. The van der Waals surface area contributed by atoms with Gasteiger partial charge in [-0.1, -0.05) is 6.92 Å². The number of nitrogens with zero attached hydrogens (tertiary/aromatic N) is 3. The molecule has 0 spiro atoms. The monoisotopic (exact) mass is 451 g/mol. The summed E-state index contributed by atoms with van der Waals surface area (Å²) in [6.07, 6.45) is 6.17. The highest BCUT2D eigenvalue weighted by atomic mass is 16.5. The number of hydrogen-bond acceptors (Lipinski definition) is 5. The number of benzene rings is 1. The molecule has 4 rings (SSSR count). The van der Waals surface area contributed by atoms with Crippen molar-refractivity contribution in [2.24, 2.45) is 4.99 Å². The quantitative estimate of drug-likeness (QED) is 0.446. The number of H-pyrrole nitrogens is 1. The molecule has 176 valence electrons. The second-order valence-corrected chi connectivity index (χ2v) is 9.54. The molecule has 33 heavy (non-hydrogen) atoms. The van der Waals surface area contributed by atoms with Crippen molar-refractivity contribution in [2.75, 3.05) is 6.54 Å². The zero-order valence-corrected chi connectivity index (χ0v) is 20.0. The maximum absolute atomic E-state index is 12.8. The van der Waals surface area contributed by atoms with E-state index in [-0.39, 0.29) is 29.5 Å². The Labute approximate surface area is 194 Å². The molecule has 0 saturated carbocycles. The van der Waals surface area contributed by atoms with Crippen LogP contribution in [0.3, 0.4) is 0 Å². The molecule has 1 aliphatic rings. The third-order valence-corrected chi connectivity index (χ3v) is 6.09. The lowest BCUT2D eigenvalue weighted by atomic mass is 10.0. The summed E-state index contributed by atoms with van der Waals surface area (Å²) in [5.41, 5.74) is 3.21. The fourth-order valence-electron chi connectivity index (χ4n) is 4.28. The van der Waals surface area contributed by atoms with Crippen LogP contribution in [0.25, 0.3) is 10.9 Å². The minimum Gasteiger partial charge on any atom is -0.494 e. The summed E-state index contributed by atoms with van der Waals surface area (Å²) in [6.45, 7) is 10.7. The summed E-state index contributed by atoms with van der Waals surface area (Å²) in [4.78, 5) is 20.6. The predicted molar refractivity (Wildman–Crippen MR) is 130 cm³/mol. The molecule has 1 fully saturated rings. The molecule has 0 bridgehead atoms. The zero-order chi connectivity index (χ0) is 23.8. The van der Waals surface area contributed by atoms with Gasteiger partial charge < -0.3 is 20.1 Å². The van der Waals surface area contributed by atoms with Crippen LogP contribution in [0.4, 0.5) is 5.69 Å². The van der Waals surface area contributed by atoms with Gasteiger partial charge in [0.25, 0.3) is 5.91 Å². The van der Waals surface area contributed by atoms with Crippen molar-refractivity contribution in [1.82, 2.24) is 20.1 Å². The van der Waals surface area contributed by atoms with E-state index in [4.69, 9.17) is 9.73 Å². The van der Waals surface area contributed by atoms with E-state index in [1.54, 1.807) is 18.3 Å². The fraction of sp³-hybridized carbons (Fsp3) is 0.480. The van der Waals surface area contributed by atoms with E-state index in [9.17, 15) is 9.90 Å². The van der Waals surface area contributed by atoms with Gasteiger partial charge in [0.1, 0.15) is 5.69 Å². The van der Waals surface area contributed by atoms with Crippen LogP contribution in [-0.4, -0.2) is 49.7 Å². The van der Waals surface area contributed by atoms with Crippen LogP contribution in [-0.2, 0) is 4.74 Å². The second kappa shape index (κ2) is 9.02. The molecule has 1 saturated heterocycles. The number of aromatic nitrogens is 3. The molecule has 0 radical (unpaired) electrons. The van der Waals surface area contributed by atoms with Crippen LogP contribution >= 0.6 is 0 Å². The second-order valence-electron chi connectivity index (χ2n) is 9.54. The fourth-order valence-corrected chi connectivity index (χ4v) is 4.28. The van der Waals surface area contributed by atoms with Gasteiger partial charge in [0, 0.05) is 29.1 Å². The number of amides is 1. The Morgan fingerprint density at radius 2 is 2.21 bits per heavy atom. The minimum atomic E-state index is -0.162. The number of hydrogen-bond donors (Lipinski definition) is 3. The number of carbonyl (C=O) groups excluding carboxylic acids is 1. The number of aliphatic imine (C=N–C) groups is 1. The summed E-state index contributed by atoms with van der Waals surface area (Å²) in [5.74, 6) is -0.119. The maximum atomic E-state index is 12.8. The van der Waals surface area contributed by atoms with Gasteiger partial charge in [-0.25, -0.2) is 4.99 Å². The molecule has 3 heterocycles. The number of aromatic amines is 1. The van der Waals surface area contributed by atoms with E-state index in [0.29, 0.717) is 24.1 Å². The number of nitrogens with one attached hydrogen (secondary N) is 2. The van der Waals surface area contributed by atoms with E-state index in [0.717, 1.165) is 35.1 Å². The predicted octanol–water partition coefficient (Wildman–Crippen LogP) is 4.87. The van der Waals surface area contributed by atoms with Crippen LogP contribution in [0.2, 0.25) is 0 Å². The smallest absolute Gasteiger partial charge is 0.251 e. The van der Waals surface area contributed by atoms with Gasteiger partial charge in [-0.15, -0.1) is 0 Å². The normalized spacial score (nSPS) is 18.4. The molecule has 1 aromatic carbocycles. The Kier molecular flexibility index (Phi) is 6.30. The van der Waals surface area contributed by atoms with E-state index in [2.05, 4.69) is 43.1 Å². The Balaban J connectivity index is 1.59. The first-order chi connectivity index (χ1) is 15.7. The van der Waals surface area contributed by atoms with Gasteiger partial charge in [-0.3, -0.25) is 9.48 Å². The van der Waals surface area contributed by atoms with Crippen LogP contribution in [0.1, 0.15) is 75.8 Å². The summed E-state index contributed by atoms with van der Waals surface area (Å²) >= 11 is 0. The first kappa shape index (κ1) is 23.0. The van der Waals surface area contributed by atoms with Gasteiger partial charge in [-0.05, 0) is 65.2 Å². The van der Waals surface area contributed by atoms with E-state index < -0.39 is 0 Å². The molecule has 1 amide bonds. The third kappa shape index (κ3) is 4.95. The lowest BCUT2D eigenvalue weighted by Gasteiger charge is -2.19. The lowest BCUT2D eigenvalue weighted by molar-refractivity contribution is -0.0138. The van der Waals surface area contributed by atoms with Crippen LogP contribution in [0.15, 0.2) is 35.6 Å². The topological polar surface area (TPSA) is 105 Å². The molecular weight excluding hydrogens is 418 g/mol. The summed E-state index contributed by atoms with van der Waals surface area (Å²) in [5, 5.41) is 18.8. The Bertz CT molecular complexity index is 1190. The van der Waals surface area contributed by atoms with E-state index in [1.807, 2.05) is 23.9 Å². The number of ether oxygens (including phenoxy) is 1. The molecule has 3 aromatic rings.